The second-order valence-corrected chi connectivity index (χ2v) is 10.0. The third-order valence-corrected chi connectivity index (χ3v) is 6.81. The van der Waals surface area contributed by atoms with E-state index in [1.807, 2.05) is 0 Å². The maximum Gasteiger partial charge on any atom is 0.259 e. The summed E-state index contributed by atoms with van der Waals surface area (Å²) in [6.45, 7) is -0.217. The van der Waals surface area contributed by atoms with Crippen LogP contribution in [0.2, 0.25) is 0 Å². The molecule has 13 nitrogen and oxygen atoms in total. The van der Waals surface area contributed by atoms with E-state index in [4.69, 9.17) is 28.0 Å². The van der Waals surface area contributed by atoms with Gasteiger partial charge in [0.25, 0.3) is 5.91 Å². The number of amides is 3. The van der Waals surface area contributed by atoms with Crippen molar-refractivity contribution in [3.63, 3.8) is 0 Å². The Kier molecular flexibility index (Phi) is 10.3. The van der Waals surface area contributed by atoms with Crippen LogP contribution in [-0.2, 0) is 25.2 Å². The van der Waals surface area contributed by atoms with Crippen molar-refractivity contribution in [1.29, 1.82) is 10.8 Å². The van der Waals surface area contributed by atoms with Crippen molar-refractivity contribution >= 4 is 39.4 Å². The molecule has 11 N–H and O–H groups in total. The van der Waals surface area contributed by atoms with Gasteiger partial charge in [-0.2, -0.15) is 0 Å². The average Bonchev–Trinajstić information content (AvgIpc) is 2.84. The summed E-state index contributed by atoms with van der Waals surface area (Å²) in [5, 5.41) is 21.6. The zero-order valence-corrected chi connectivity index (χ0v) is 20.7. The lowest BCUT2D eigenvalue weighted by Crippen LogP contribution is -2.46. The van der Waals surface area contributed by atoms with Crippen LogP contribution in [0.3, 0.4) is 0 Å². The van der Waals surface area contributed by atoms with Crippen LogP contribution in [0.1, 0.15) is 34.3 Å². The summed E-state index contributed by atoms with van der Waals surface area (Å²) in [6, 6.07) is 11.0. The highest BCUT2D eigenvalue weighted by atomic mass is 32.2. The van der Waals surface area contributed by atoms with Crippen molar-refractivity contribution in [2.45, 2.75) is 29.5 Å². The van der Waals surface area contributed by atoms with Crippen molar-refractivity contribution in [3.8, 4) is 0 Å². The Bertz CT molecular complexity index is 1280. The Morgan fingerprint density at radius 1 is 0.973 bits per heavy atom. The molecule has 0 spiro atoms. The van der Waals surface area contributed by atoms with Gasteiger partial charge in [0.1, 0.15) is 5.84 Å². The molecule has 0 saturated carbocycles. The summed E-state index contributed by atoms with van der Waals surface area (Å²) in [5.41, 5.74) is 16.7. The van der Waals surface area contributed by atoms with E-state index < -0.39 is 51.7 Å². The minimum Gasteiger partial charge on any atom is -0.384 e. The van der Waals surface area contributed by atoms with Gasteiger partial charge in [0.05, 0.1) is 28.8 Å². The van der Waals surface area contributed by atoms with Gasteiger partial charge in [0.2, 0.25) is 11.8 Å². The van der Waals surface area contributed by atoms with E-state index in [-0.39, 0.29) is 28.4 Å². The number of hydrogen-bond donors (Lipinski definition) is 8. The first-order valence-electron chi connectivity index (χ1n) is 11.1. The average molecular weight is 531 g/mol. The maximum absolute atomic E-state index is 13.2. The highest BCUT2D eigenvalue weighted by Crippen LogP contribution is 2.22. The number of nitrogens with one attached hydrogen (secondary N) is 5. The zero-order valence-electron chi connectivity index (χ0n) is 19.9. The number of carbonyl (C=O) groups is 3. The van der Waals surface area contributed by atoms with Gasteiger partial charge in [-0.3, -0.25) is 30.5 Å². The lowest BCUT2D eigenvalue weighted by atomic mass is 10.1. The van der Waals surface area contributed by atoms with Crippen molar-refractivity contribution in [2.24, 2.45) is 17.2 Å². The standard InChI is InChI=1S/C23H30N8O5S/c24-17(7-4-10-29-23(27)28)22(34)30-12-19(32)31-21(33)16-9-8-15(20(25)26)11-18(16)37(35,36)13-14-5-2-1-3-6-14/h1-3,5-6,8-9,11,17H,4,7,10,12-13,24H2,(H3,25,26)(H,30,34)(H4,27,28,29)(H,31,32,33)/t17-/m1/s1. The minimum absolute atomic E-state index is 0.0919. The van der Waals surface area contributed by atoms with Gasteiger partial charge in [-0.1, -0.05) is 36.4 Å². The lowest BCUT2D eigenvalue weighted by molar-refractivity contribution is -0.126. The van der Waals surface area contributed by atoms with Crippen LogP contribution in [0.4, 0.5) is 0 Å². The molecule has 0 aliphatic rings. The molecule has 37 heavy (non-hydrogen) atoms. The van der Waals surface area contributed by atoms with E-state index in [2.05, 4.69) is 16.0 Å². The largest absolute Gasteiger partial charge is 0.384 e. The van der Waals surface area contributed by atoms with E-state index in [9.17, 15) is 22.8 Å². The molecular formula is C23H30N8O5S. The van der Waals surface area contributed by atoms with E-state index in [0.29, 0.717) is 18.5 Å². The second kappa shape index (κ2) is 13.1. The van der Waals surface area contributed by atoms with Gasteiger partial charge in [0, 0.05) is 12.1 Å². The van der Waals surface area contributed by atoms with Crippen LogP contribution in [0.25, 0.3) is 0 Å². The molecule has 3 amide bonds. The first-order chi connectivity index (χ1) is 17.4. The molecule has 0 aliphatic heterocycles. The van der Waals surface area contributed by atoms with E-state index in [1.54, 1.807) is 30.3 Å². The third-order valence-electron chi connectivity index (χ3n) is 5.09. The molecule has 2 aromatic carbocycles. The summed E-state index contributed by atoms with van der Waals surface area (Å²) in [6.07, 6.45) is 0.715. The number of sulfone groups is 1. The van der Waals surface area contributed by atoms with Crippen molar-refractivity contribution in [3.05, 3.63) is 65.2 Å². The van der Waals surface area contributed by atoms with Gasteiger partial charge in [-0.25, -0.2) is 8.42 Å². The van der Waals surface area contributed by atoms with Crippen LogP contribution in [0, 0.1) is 10.8 Å². The molecule has 0 fully saturated rings. The molecule has 0 saturated heterocycles. The predicted molar refractivity (Wildman–Crippen MR) is 137 cm³/mol. The topological polar surface area (TPSA) is 247 Å². The number of hydrogen-bond acceptors (Lipinski definition) is 8. The number of imide groups is 1. The molecule has 2 aromatic rings. The Labute approximate surface area is 214 Å². The zero-order chi connectivity index (χ0) is 27.6. The lowest BCUT2D eigenvalue weighted by Gasteiger charge is -2.14. The second-order valence-electron chi connectivity index (χ2n) is 8.05. The first-order valence-corrected chi connectivity index (χ1v) is 12.8. The highest BCUT2D eigenvalue weighted by molar-refractivity contribution is 7.90. The summed E-state index contributed by atoms with van der Waals surface area (Å²) >= 11 is 0. The summed E-state index contributed by atoms with van der Waals surface area (Å²) < 4.78 is 26.3. The molecule has 0 unspecified atom stereocenters. The molecule has 0 aromatic heterocycles. The monoisotopic (exact) mass is 530 g/mol. The van der Waals surface area contributed by atoms with Gasteiger partial charge in [-0.05, 0) is 30.5 Å². The molecule has 1 atom stereocenters. The van der Waals surface area contributed by atoms with Crippen molar-refractivity contribution < 1.29 is 22.8 Å². The Morgan fingerprint density at radius 2 is 1.65 bits per heavy atom. The fraction of sp³-hybridized carbons (Fsp3) is 0.261. The van der Waals surface area contributed by atoms with Crippen LogP contribution in [-0.4, -0.2) is 57.1 Å². The fourth-order valence-corrected chi connectivity index (χ4v) is 4.81. The first kappa shape index (κ1) is 28.9. The number of amidine groups is 1. The maximum atomic E-state index is 13.2. The van der Waals surface area contributed by atoms with Gasteiger partial charge < -0.3 is 27.8 Å². The van der Waals surface area contributed by atoms with Gasteiger partial charge in [0.15, 0.2) is 15.8 Å². The van der Waals surface area contributed by atoms with E-state index >= 15 is 0 Å². The van der Waals surface area contributed by atoms with Crippen molar-refractivity contribution in [2.75, 3.05) is 13.1 Å². The molecule has 0 heterocycles. The van der Waals surface area contributed by atoms with Gasteiger partial charge in [-0.15, -0.1) is 0 Å². The summed E-state index contributed by atoms with van der Waals surface area (Å²) in [5.74, 6) is -3.52. The smallest absolute Gasteiger partial charge is 0.259 e. The number of benzene rings is 2. The summed E-state index contributed by atoms with van der Waals surface area (Å²) in [7, 11) is -4.07. The summed E-state index contributed by atoms with van der Waals surface area (Å²) in [4.78, 5) is 36.8. The molecule has 0 radical (unpaired) electrons. The van der Waals surface area contributed by atoms with Crippen LogP contribution in [0.5, 0.6) is 0 Å². The number of rotatable bonds is 12. The molecule has 198 valence electrons. The number of nitrogen functional groups attached to an aromatic ring is 1. The quantitative estimate of drug-likeness (QED) is 0.0941. The van der Waals surface area contributed by atoms with Gasteiger partial charge >= 0.3 is 0 Å². The predicted octanol–water partition coefficient (Wildman–Crippen LogP) is -1.09. The number of carbonyl (C=O) groups excluding carboxylic acids is 3. The Morgan fingerprint density at radius 3 is 2.27 bits per heavy atom. The molecule has 14 heteroatoms. The van der Waals surface area contributed by atoms with Crippen molar-refractivity contribution in [1.82, 2.24) is 16.0 Å². The number of nitrogens with two attached hydrogens (primary N) is 3. The highest BCUT2D eigenvalue weighted by Gasteiger charge is 2.25. The van der Waals surface area contributed by atoms with Crippen LogP contribution < -0.4 is 33.2 Å². The SMILES string of the molecule is N=C(N)NCCC[C@@H](N)C(=O)NCC(=O)NC(=O)c1ccc(C(=N)N)cc1S(=O)(=O)Cc1ccccc1. The van der Waals surface area contributed by atoms with Crippen LogP contribution >= 0.6 is 0 Å². The Hall–Kier alpha value is -4.30. The Balaban J connectivity index is 2.08. The molecular weight excluding hydrogens is 500 g/mol. The van der Waals surface area contributed by atoms with E-state index in [1.165, 1.54) is 12.1 Å². The normalized spacial score (nSPS) is 11.7. The number of guanidine groups is 1. The van der Waals surface area contributed by atoms with Crippen LogP contribution in [0.15, 0.2) is 53.4 Å². The van der Waals surface area contributed by atoms with E-state index in [0.717, 1.165) is 6.07 Å². The molecule has 0 aliphatic carbocycles. The third kappa shape index (κ3) is 9.01. The minimum atomic E-state index is -4.07. The molecule has 0 bridgehead atoms. The molecule has 2 rings (SSSR count). The fourth-order valence-electron chi connectivity index (χ4n) is 3.22.